The fraction of sp³-hybridized carbons (Fsp3) is 0.529. The topological polar surface area (TPSA) is 70.2 Å². The second-order valence-electron chi connectivity index (χ2n) is 5.77. The zero-order valence-electron chi connectivity index (χ0n) is 13.2. The molecule has 1 aromatic rings. The van der Waals surface area contributed by atoms with Crippen LogP contribution in [-0.4, -0.2) is 24.5 Å². The molecule has 0 atom stereocenters. The molecule has 1 aliphatic carbocycles. The maximum Gasteiger partial charge on any atom is 0.319 e. The molecule has 1 aliphatic rings. The molecule has 0 aromatic heterocycles. The van der Waals surface area contributed by atoms with Gasteiger partial charge in [0.2, 0.25) is 0 Å². The van der Waals surface area contributed by atoms with Gasteiger partial charge < -0.3 is 16.0 Å². The number of benzene rings is 1. The van der Waals surface area contributed by atoms with Crippen molar-refractivity contribution >= 4 is 17.6 Å². The first-order valence-electron chi connectivity index (χ1n) is 8.15. The summed E-state index contributed by atoms with van der Waals surface area (Å²) >= 11 is 0. The van der Waals surface area contributed by atoms with Gasteiger partial charge in [-0.2, -0.15) is 0 Å². The lowest BCUT2D eigenvalue weighted by Crippen LogP contribution is -2.39. The van der Waals surface area contributed by atoms with Crippen LogP contribution in [-0.2, 0) is 0 Å². The molecule has 3 N–H and O–H groups in total. The van der Waals surface area contributed by atoms with Crippen LogP contribution in [0.4, 0.5) is 10.5 Å². The molecule has 2 rings (SSSR count). The molecule has 0 unspecified atom stereocenters. The summed E-state index contributed by atoms with van der Waals surface area (Å²) in [6.07, 6.45) is 6.61. The van der Waals surface area contributed by atoms with Gasteiger partial charge in [-0.25, -0.2) is 4.79 Å². The highest BCUT2D eigenvalue weighted by molar-refractivity contribution is 5.96. The van der Waals surface area contributed by atoms with E-state index in [1.165, 1.54) is 19.3 Å². The summed E-state index contributed by atoms with van der Waals surface area (Å²) in [5, 5.41) is 8.64. The Hall–Kier alpha value is -2.04. The molecular formula is C17H25N3O2. The number of carbonyl (C=O) groups is 2. The molecule has 0 heterocycles. The Balaban J connectivity index is 1.88. The van der Waals surface area contributed by atoms with Crippen molar-refractivity contribution in [3.05, 3.63) is 29.8 Å². The maximum atomic E-state index is 12.0. The first-order valence-corrected chi connectivity index (χ1v) is 8.15. The lowest BCUT2D eigenvalue weighted by Gasteiger charge is -2.22. The van der Waals surface area contributed by atoms with Crippen LogP contribution < -0.4 is 16.0 Å². The Morgan fingerprint density at radius 2 is 1.95 bits per heavy atom. The fourth-order valence-corrected chi connectivity index (χ4v) is 2.68. The predicted molar refractivity (Wildman–Crippen MR) is 88.1 cm³/mol. The predicted octanol–water partition coefficient (Wildman–Crippen LogP) is 3.28. The van der Waals surface area contributed by atoms with Gasteiger partial charge in [-0.15, -0.1) is 0 Å². The monoisotopic (exact) mass is 303 g/mol. The SMILES string of the molecule is CCCNC(=O)c1cccc(NC(=O)NC2CCCCC2)c1. The van der Waals surface area contributed by atoms with E-state index in [0.717, 1.165) is 19.3 Å². The molecule has 0 bridgehead atoms. The number of hydrogen-bond donors (Lipinski definition) is 3. The van der Waals surface area contributed by atoms with E-state index in [1.54, 1.807) is 24.3 Å². The first-order chi connectivity index (χ1) is 10.7. The average Bonchev–Trinajstić information content (AvgIpc) is 2.53. The van der Waals surface area contributed by atoms with Crippen LogP contribution in [0.5, 0.6) is 0 Å². The molecule has 0 radical (unpaired) electrons. The lowest BCUT2D eigenvalue weighted by atomic mass is 9.96. The molecule has 0 aliphatic heterocycles. The van der Waals surface area contributed by atoms with Crippen LogP contribution in [0.25, 0.3) is 0 Å². The van der Waals surface area contributed by atoms with Crippen LogP contribution in [0.3, 0.4) is 0 Å². The van der Waals surface area contributed by atoms with Crippen LogP contribution in [0, 0.1) is 0 Å². The molecule has 1 saturated carbocycles. The van der Waals surface area contributed by atoms with Crippen molar-refractivity contribution in [1.82, 2.24) is 10.6 Å². The molecule has 3 amide bonds. The van der Waals surface area contributed by atoms with E-state index in [1.807, 2.05) is 6.92 Å². The van der Waals surface area contributed by atoms with E-state index in [9.17, 15) is 9.59 Å². The molecule has 120 valence electrons. The van der Waals surface area contributed by atoms with E-state index in [-0.39, 0.29) is 18.0 Å². The molecule has 1 aromatic carbocycles. The third-order valence-corrected chi connectivity index (χ3v) is 3.86. The number of nitrogens with one attached hydrogen (secondary N) is 3. The Labute approximate surface area is 131 Å². The molecule has 0 saturated heterocycles. The minimum atomic E-state index is -0.196. The normalized spacial score (nSPS) is 15.1. The summed E-state index contributed by atoms with van der Waals surface area (Å²) in [4.78, 5) is 23.9. The van der Waals surface area contributed by atoms with Gasteiger partial charge >= 0.3 is 6.03 Å². The Morgan fingerprint density at radius 1 is 1.18 bits per heavy atom. The summed E-state index contributed by atoms with van der Waals surface area (Å²) in [6.45, 7) is 2.66. The second-order valence-corrected chi connectivity index (χ2v) is 5.77. The number of rotatable bonds is 5. The second kappa shape index (κ2) is 8.41. The maximum absolute atomic E-state index is 12.0. The van der Waals surface area contributed by atoms with Crippen molar-refractivity contribution in [1.29, 1.82) is 0 Å². The zero-order chi connectivity index (χ0) is 15.8. The minimum absolute atomic E-state index is 0.113. The minimum Gasteiger partial charge on any atom is -0.352 e. The van der Waals surface area contributed by atoms with Gasteiger partial charge in [-0.1, -0.05) is 32.3 Å². The molecule has 5 heteroatoms. The van der Waals surface area contributed by atoms with Gasteiger partial charge in [0.25, 0.3) is 5.91 Å². The van der Waals surface area contributed by atoms with E-state index in [4.69, 9.17) is 0 Å². The molecule has 0 spiro atoms. The van der Waals surface area contributed by atoms with Gasteiger partial charge in [-0.3, -0.25) is 4.79 Å². The number of anilines is 1. The van der Waals surface area contributed by atoms with Crippen molar-refractivity contribution in [3.63, 3.8) is 0 Å². The number of carbonyl (C=O) groups excluding carboxylic acids is 2. The first kappa shape index (κ1) is 16.3. The molecule has 22 heavy (non-hydrogen) atoms. The van der Waals surface area contributed by atoms with Gasteiger partial charge in [0.1, 0.15) is 0 Å². The Morgan fingerprint density at radius 3 is 2.68 bits per heavy atom. The largest absolute Gasteiger partial charge is 0.352 e. The van der Waals surface area contributed by atoms with Gasteiger partial charge in [-0.05, 0) is 37.5 Å². The van der Waals surface area contributed by atoms with E-state index >= 15 is 0 Å². The summed E-state index contributed by atoms with van der Waals surface area (Å²) < 4.78 is 0. The van der Waals surface area contributed by atoms with Crippen molar-refractivity contribution in [2.45, 2.75) is 51.5 Å². The summed E-state index contributed by atoms with van der Waals surface area (Å²) in [6, 6.07) is 7.08. The highest BCUT2D eigenvalue weighted by Crippen LogP contribution is 2.17. The summed E-state index contributed by atoms with van der Waals surface area (Å²) in [5.41, 5.74) is 1.20. The number of amides is 3. The van der Waals surface area contributed by atoms with Crippen LogP contribution in [0.2, 0.25) is 0 Å². The van der Waals surface area contributed by atoms with Crippen molar-refractivity contribution in [2.24, 2.45) is 0 Å². The Bertz CT molecular complexity index is 510. The third-order valence-electron chi connectivity index (χ3n) is 3.86. The van der Waals surface area contributed by atoms with Crippen molar-refractivity contribution in [3.8, 4) is 0 Å². The van der Waals surface area contributed by atoms with Crippen LogP contribution >= 0.6 is 0 Å². The Kier molecular flexibility index (Phi) is 6.25. The van der Waals surface area contributed by atoms with Crippen LogP contribution in [0.15, 0.2) is 24.3 Å². The fourth-order valence-electron chi connectivity index (χ4n) is 2.68. The van der Waals surface area contributed by atoms with Gasteiger partial charge in [0.15, 0.2) is 0 Å². The average molecular weight is 303 g/mol. The molecular weight excluding hydrogens is 278 g/mol. The highest BCUT2D eigenvalue weighted by Gasteiger charge is 2.15. The van der Waals surface area contributed by atoms with Gasteiger partial charge in [0, 0.05) is 23.8 Å². The van der Waals surface area contributed by atoms with E-state index in [2.05, 4.69) is 16.0 Å². The van der Waals surface area contributed by atoms with Gasteiger partial charge in [0.05, 0.1) is 0 Å². The van der Waals surface area contributed by atoms with Crippen molar-refractivity contribution in [2.75, 3.05) is 11.9 Å². The summed E-state index contributed by atoms with van der Waals surface area (Å²) in [5.74, 6) is -0.113. The number of hydrogen-bond acceptors (Lipinski definition) is 2. The standard InChI is InChI=1S/C17H25N3O2/c1-2-11-18-16(21)13-7-6-10-15(12-13)20-17(22)19-14-8-4-3-5-9-14/h6-7,10,12,14H,2-5,8-9,11H2,1H3,(H,18,21)(H2,19,20,22). The van der Waals surface area contributed by atoms with Crippen molar-refractivity contribution < 1.29 is 9.59 Å². The zero-order valence-corrected chi connectivity index (χ0v) is 13.2. The molecule has 1 fully saturated rings. The lowest BCUT2D eigenvalue weighted by molar-refractivity contribution is 0.0953. The summed E-state index contributed by atoms with van der Waals surface area (Å²) in [7, 11) is 0. The van der Waals surface area contributed by atoms with E-state index in [0.29, 0.717) is 17.8 Å². The number of urea groups is 1. The quantitative estimate of drug-likeness (QED) is 0.781. The van der Waals surface area contributed by atoms with Crippen LogP contribution in [0.1, 0.15) is 55.8 Å². The smallest absolute Gasteiger partial charge is 0.319 e. The van der Waals surface area contributed by atoms with E-state index < -0.39 is 0 Å². The highest BCUT2D eigenvalue weighted by atomic mass is 16.2. The third kappa shape index (κ3) is 5.06. The molecule has 5 nitrogen and oxygen atoms in total.